The molecule has 1 aliphatic rings. The van der Waals surface area contributed by atoms with Crippen LogP contribution < -0.4 is 5.32 Å². The van der Waals surface area contributed by atoms with Crippen molar-refractivity contribution in [2.75, 3.05) is 6.54 Å². The van der Waals surface area contributed by atoms with E-state index in [2.05, 4.69) is 5.32 Å². The molecule has 148 valence electrons. The van der Waals surface area contributed by atoms with Gasteiger partial charge in [-0.2, -0.15) is 0 Å². The first-order valence-electron chi connectivity index (χ1n) is 9.17. The first kappa shape index (κ1) is 20.9. The van der Waals surface area contributed by atoms with Gasteiger partial charge in [0.1, 0.15) is 16.6 Å². The fraction of sp³-hybridized carbons (Fsp3) is 0.571. The van der Waals surface area contributed by atoms with Gasteiger partial charge in [-0.15, -0.1) is 0 Å². The third-order valence-electron chi connectivity index (χ3n) is 4.20. The number of carbonyl (C=O) groups is 3. The number of nitrogens with one attached hydrogen (secondary N) is 1. The summed E-state index contributed by atoms with van der Waals surface area (Å²) in [7, 11) is 0. The molecule has 1 aromatic rings. The number of esters is 1. The minimum Gasteiger partial charge on any atom is -0.459 e. The quantitative estimate of drug-likeness (QED) is 0.641. The molecule has 1 aromatic carbocycles. The van der Waals surface area contributed by atoms with E-state index in [4.69, 9.17) is 9.47 Å². The van der Waals surface area contributed by atoms with E-state index in [1.54, 1.807) is 53.7 Å². The molecule has 0 spiro atoms. The Morgan fingerprint density at radius 1 is 1.04 bits per heavy atom. The Kier molecular flexibility index (Phi) is 5.68. The fourth-order valence-electron chi connectivity index (χ4n) is 3.10. The Labute approximate surface area is 160 Å². The van der Waals surface area contributed by atoms with Crippen molar-refractivity contribution in [2.45, 2.75) is 65.6 Å². The van der Waals surface area contributed by atoms with E-state index in [0.29, 0.717) is 5.56 Å². The number of carbonyl (C=O) groups excluding carboxylic acids is 3. The Morgan fingerprint density at radius 2 is 1.63 bits per heavy atom. The Morgan fingerprint density at radius 3 is 2.19 bits per heavy atom. The molecule has 1 aliphatic carbocycles. The number of fused-ring (bicyclic) bond motifs is 1. The molecule has 6 nitrogen and oxygen atoms in total. The van der Waals surface area contributed by atoms with Crippen LogP contribution in [0.3, 0.4) is 0 Å². The fourth-order valence-corrected chi connectivity index (χ4v) is 3.10. The summed E-state index contributed by atoms with van der Waals surface area (Å²) in [5.41, 5.74) is -1.29. The van der Waals surface area contributed by atoms with Crippen LogP contribution in [0.25, 0.3) is 0 Å². The second kappa shape index (κ2) is 7.33. The van der Waals surface area contributed by atoms with Crippen LogP contribution in [0, 0.1) is 5.41 Å². The van der Waals surface area contributed by atoms with E-state index in [0.717, 1.165) is 5.56 Å². The lowest BCUT2D eigenvalue weighted by Crippen LogP contribution is -2.45. The number of hydrogen-bond acceptors (Lipinski definition) is 5. The van der Waals surface area contributed by atoms with E-state index in [1.165, 1.54) is 0 Å². The maximum Gasteiger partial charge on any atom is 0.407 e. The van der Waals surface area contributed by atoms with Crippen molar-refractivity contribution >= 4 is 17.8 Å². The molecule has 0 fully saturated rings. The smallest absolute Gasteiger partial charge is 0.407 e. The first-order valence-corrected chi connectivity index (χ1v) is 9.17. The second-order valence-corrected chi connectivity index (χ2v) is 8.93. The van der Waals surface area contributed by atoms with Crippen LogP contribution in [-0.2, 0) is 20.7 Å². The molecule has 0 aliphatic heterocycles. The molecular weight excluding hydrogens is 346 g/mol. The summed E-state index contributed by atoms with van der Waals surface area (Å²) in [4.78, 5) is 38.0. The maximum absolute atomic E-state index is 13.1. The summed E-state index contributed by atoms with van der Waals surface area (Å²) in [6, 6.07) is 7.20. The van der Waals surface area contributed by atoms with Gasteiger partial charge < -0.3 is 14.8 Å². The van der Waals surface area contributed by atoms with E-state index >= 15 is 0 Å². The molecule has 0 bridgehead atoms. The summed E-state index contributed by atoms with van der Waals surface area (Å²) in [6.45, 7) is 10.7. The van der Waals surface area contributed by atoms with E-state index in [-0.39, 0.29) is 25.2 Å². The molecular formula is C21H29NO5. The molecule has 27 heavy (non-hydrogen) atoms. The predicted molar refractivity (Wildman–Crippen MR) is 102 cm³/mol. The van der Waals surface area contributed by atoms with Crippen molar-refractivity contribution in [1.29, 1.82) is 0 Å². The van der Waals surface area contributed by atoms with E-state index in [1.807, 2.05) is 12.1 Å². The van der Waals surface area contributed by atoms with Crippen molar-refractivity contribution in [1.82, 2.24) is 5.32 Å². The van der Waals surface area contributed by atoms with Crippen LogP contribution in [0.1, 0.15) is 63.9 Å². The molecule has 6 heteroatoms. The first-order chi connectivity index (χ1) is 12.3. The van der Waals surface area contributed by atoms with Gasteiger partial charge in [-0.1, -0.05) is 24.3 Å². The number of amides is 1. The maximum atomic E-state index is 13.1. The van der Waals surface area contributed by atoms with Crippen LogP contribution in [0.4, 0.5) is 4.79 Å². The lowest BCUT2D eigenvalue weighted by Gasteiger charge is -2.30. The highest BCUT2D eigenvalue weighted by atomic mass is 16.6. The number of rotatable bonds is 4. The zero-order valence-corrected chi connectivity index (χ0v) is 17.0. The molecule has 0 saturated carbocycles. The van der Waals surface area contributed by atoms with Crippen LogP contribution in [-0.4, -0.2) is 35.6 Å². The summed E-state index contributed by atoms with van der Waals surface area (Å²) >= 11 is 0. The van der Waals surface area contributed by atoms with Gasteiger partial charge in [0.05, 0.1) is 0 Å². The summed E-state index contributed by atoms with van der Waals surface area (Å²) < 4.78 is 10.8. The predicted octanol–water partition coefficient (Wildman–Crippen LogP) is 3.67. The average molecular weight is 375 g/mol. The molecule has 0 radical (unpaired) electrons. The summed E-state index contributed by atoms with van der Waals surface area (Å²) in [5, 5.41) is 2.63. The lowest BCUT2D eigenvalue weighted by atomic mass is 9.80. The lowest BCUT2D eigenvalue weighted by molar-refractivity contribution is -0.164. The van der Waals surface area contributed by atoms with Crippen LogP contribution in [0.2, 0.25) is 0 Å². The van der Waals surface area contributed by atoms with Gasteiger partial charge in [0.2, 0.25) is 0 Å². The van der Waals surface area contributed by atoms with Gasteiger partial charge in [-0.3, -0.25) is 9.59 Å². The summed E-state index contributed by atoms with van der Waals surface area (Å²) in [6.07, 6.45) is -0.161. The number of Topliss-reactive ketones (excluding diaryl/α,β-unsaturated/α-hetero) is 1. The molecule has 0 saturated heterocycles. The summed E-state index contributed by atoms with van der Waals surface area (Å²) in [5.74, 6) is -0.805. The van der Waals surface area contributed by atoms with Crippen LogP contribution >= 0.6 is 0 Å². The van der Waals surface area contributed by atoms with E-state index < -0.39 is 28.7 Å². The number of ether oxygens (including phenoxy) is 2. The number of alkyl carbamates (subject to hydrolysis) is 1. The highest BCUT2D eigenvalue weighted by Crippen LogP contribution is 2.41. The Balaban J connectivity index is 2.19. The van der Waals surface area contributed by atoms with Gasteiger partial charge >= 0.3 is 12.1 Å². The number of ketones is 1. The highest BCUT2D eigenvalue weighted by molar-refractivity contribution is 6.16. The monoisotopic (exact) mass is 375 g/mol. The van der Waals surface area contributed by atoms with Gasteiger partial charge in [0.25, 0.3) is 0 Å². The van der Waals surface area contributed by atoms with Gasteiger partial charge in [0.15, 0.2) is 5.78 Å². The Hall–Kier alpha value is -2.37. The molecule has 1 N–H and O–H groups in total. The van der Waals surface area contributed by atoms with Crippen molar-refractivity contribution in [3.05, 3.63) is 35.4 Å². The molecule has 1 amide bonds. The highest BCUT2D eigenvalue weighted by Gasteiger charge is 2.53. The minimum absolute atomic E-state index is 0.133. The van der Waals surface area contributed by atoms with Gasteiger partial charge in [-0.05, 0) is 59.9 Å². The van der Waals surface area contributed by atoms with Gasteiger partial charge in [0, 0.05) is 12.1 Å². The second-order valence-electron chi connectivity index (χ2n) is 8.93. The zero-order chi connectivity index (χ0) is 20.5. The van der Waals surface area contributed by atoms with Crippen LogP contribution in [0.15, 0.2) is 24.3 Å². The number of benzene rings is 1. The molecule has 0 unspecified atom stereocenters. The number of hydrogen-bond donors (Lipinski definition) is 1. The topological polar surface area (TPSA) is 81.7 Å². The molecule has 2 rings (SSSR count). The SMILES string of the molecule is CC(C)(C)OC(=O)NCC[C@@]1(C(=O)OC(C)(C)C)Cc2ccccc2C1=O. The zero-order valence-electron chi connectivity index (χ0n) is 17.0. The molecule has 0 aromatic heterocycles. The molecule has 1 atom stereocenters. The average Bonchev–Trinajstić information content (AvgIpc) is 2.78. The van der Waals surface area contributed by atoms with Crippen LogP contribution in [0.5, 0.6) is 0 Å². The minimum atomic E-state index is -1.33. The van der Waals surface area contributed by atoms with Crippen molar-refractivity contribution in [3.63, 3.8) is 0 Å². The third-order valence-corrected chi connectivity index (χ3v) is 4.20. The van der Waals surface area contributed by atoms with E-state index in [9.17, 15) is 14.4 Å². The van der Waals surface area contributed by atoms with Gasteiger partial charge in [-0.25, -0.2) is 4.79 Å². The Bertz CT molecular complexity index is 742. The van der Waals surface area contributed by atoms with Crippen molar-refractivity contribution in [3.8, 4) is 0 Å². The third kappa shape index (κ3) is 5.08. The van der Waals surface area contributed by atoms with Crippen molar-refractivity contribution in [2.24, 2.45) is 5.41 Å². The molecule has 0 heterocycles. The normalized spacial score (nSPS) is 19.4. The standard InChI is InChI=1S/C21H29NO5/c1-19(2,3)26-17(24)21(11-12-22-18(25)27-20(4,5)6)13-14-9-7-8-10-15(14)16(21)23/h7-10H,11-13H2,1-6H3,(H,22,25)/t21-/m1/s1. The largest absolute Gasteiger partial charge is 0.459 e. The van der Waals surface area contributed by atoms with Crippen molar-refractivity contribution < 1.29 is 23.9 Å².